The summed E-state index contributed by atoms with van der Waals surface area (Å²) >= 11 is 0. The van der Waals surface area contributed by atoms with Gasteiger partial charge in [-0.15, -0.1) is 0 Å². The van der Waals surface area contributed by atoms with Gasteiger partial charge in [-0.25, -0.2) is 4.98 Å². The molecule has 0 spiro atoms. The summed E-state index contributed by atoms with van der Waals surface area (Å²) in [6, 6.07) is 0. The van der Waals surface area contributed by atoms with Gasteiger partial charge < -0.3 is 24.4 Å². The number of likely N-dealkylation sites (N-methyl/N-ethyl adjacent to an activating group) is 1. The molecule has 0 saturated carbocycles. The standard InChI is InChI=1S/C16H28BN5O2/c1-15(2)16(3,4)24-17(23-15)12-11-19-14(20-13(12)18-5)22-9-7-21(6)8-10-22/h11H,7-10H2,1-6H3,(H,18,19,20). The first-order valence-corrected chi connectivity index (χ1v) is 8.57. The van der Waals surface area contributed by atoms with Crippen LogP contribution >= 0.6 is 0 Å². The molecule has 1 aromatic rings. The number of nitrogens with zero attached hydrogens (tertiary/aromatic N) is 4. The summed E-state index contributed by atoms with van der Waals surface area (Å²) in [5, 5.41) is 3.17. The molecule has 2 aliphatic heterocycles. The van der Waals surface area contributed by atoms with Crippen molar-refractivity contribution in [3.63, 3.8) is 0 Å². The van der Waals surface area contributed by atoms with Crippen LogP contribution in [0.2, 0.25) is 0 Å². The highest BCUT2D eigenvalue weighted by molar-refractivity contribution is 6.63. The summed E-state index contributed by atoms with van der Waals surface area (Å²) in [4.78, 5) is 13.8. The van der Waals surface area contributed by atoms with Gasteiger partial charge >= 0.3 is 7.12 Å². The zero-order valence-corrected chi connectivity index (χ0v) is 15.6. The molecule has 2 aliphatic rings. The Bertz CT molecular complexity index is 586. The van der Waals surface area contributed by atoms with E-state index in [2.05, 4.69) is 27.1 Å². The highest BCUT2D eigenvalue weighted by Gasteiger charge is 2.52. The van der Waals surface area contributed by atoms with Crippen LogP contribution in [0.1, 0.15) is 27.7 Å². The third kappa shape index (κ3) is 3.10. The van der Waals surface area contributed by atoms with Crippen molar-refractivity contribution in [2.45, 2.75) is 38.9 Å². The Morgan fingerprint density at radius 3 is 2.21 bits per heavy atom. The summed E-state index contributed by atoms with van der Waals surface area (Å²) in [5.41, 5.74) is 0.0893. The largest absolute Gasteiger partial charge is 0.500 e. The van der Waals surface area contributed by atoms with Crippen molar-refractivity contribution in [3.05, 3.63) is 6.20 Å². The van der Waals surface area contributed by atoms with Gasteiger partial charge in [-0.2, -0.15) is 4.98 Å². The molecule has 1 aromatic heterocycles. The van der Waals surface area contributed by atoms with Crippen molar-refractivity contribution in [3.8, 4) is 0 Å². The summed E-state index contributed by atoms with van der Waals surface area (Å²) in [6.45, 7) is 12.1. The van der Waals surface area contributed by atoms with Gasteiger partial charge in [0.05, 0.1) is 11.2 Å². The van der Waals surface area contributed by atoms with Gasteiger partial charge in [-0.05, 0) is 34.7 Å². The number of piperazine rings is 1. The second-order valence-corrected chi connectivity index (χ2v) is 7.60. The summed E-state index contributed by atoms with van der Waals surface area (Å²) in [7, 11) is 3.54. The van der Waals surface area contributed by atoms with E-state index >= 15 is 0 Å². The normalized spacial score (nSPS) is 23.6. The van der Waals surface area contributed by atoms with Crippen molar-refractivity contribution in [1.29, 1.82) is 0 Å². The van der Waals surface area contributed by atoms with E-state index in [1.54, 1.807) is 0 Å². The van der Waals surface area contributed by atoms with Crippen molar-refractivity contribution in [2.75, 3.05) is 50.5 Å². The Kier molecular flexibility index (Phi) is 4.48. The van der Waals surface area contributed by atoms with Gasteiger partial charge in [0, 0.05) is 44.9 Å². The molecule has 3 rings (SSSR count). The molecule has 3 heterocycles. The number of aromatic nitrogens is 2. The molecule has 2 saturated heterocycles. The average Bonchev–Trinajstić information content (AvgIpc) is 2.75. The summed E-state index contributed by atoms with van der Waals surface area (Å²) in [6.07, 6.45) is 1.83. The molecule has 0 aromatic carbocycles. The fourth-order valence-electron chi connectivity index (χ4n) is 2.88. The van der Waals surface area contributed by atoms with E-state index < -0.39 is 7.12 Å². The Hall–Kier alpha value is -1.38. The van der Waals surface area contributed by atoms with E-state index in [4.69, 9.17) is 14.3 Å². The number of hydrogen-bond acceptors (Lipinski definition) is 7. The van der Waals surface area contributed by atoms with Crippen LogP contribution in [0.25, 0.3) is 0 Å². The Labute approximate surface area is 144 Å². The van der Waals surface area contributed by atoms with Gasteiger partial charge in [-0.1, -0.05) is 0 Å². The second kappa shape index (κ2) is 6.17. The van der Waals surface area contributed by atoms with E-state index in [0.29, 0.717) is 0 Å². The first-order chi connectivity index (χ1) is 11.2. The smallest absolute Gasteiger partial charge is 0.399 e. The molecule has 132 valence electrons. The first-order valence-electron chi connectivity index (χ1n) is 8.57. The highest BCUT2D eigenvalue weighted by Crippen LogP contribution is 2.36. The first kappa shape index (κ1) is 17.4. The van der Waals surface area contributed by atoms with Crippen LogP contribution in [-0.4, -0.2) is 73.5 Å². The van der Waals surface area contributed by atoms with Crippen LogP contribution in [0.4, 0.5) is 11.8 Å². The van der Waals surface area contributed by atoms with Gasteiger partial charge in [-0.3, -0.25) is 0 Å². The Morgan fingerprint density at radius 1 is 1.08 bits per heavy atom. The molecule has 24 heavy (non-hydrogen) atoms. The lowest BCUT2D eigenvalue weighted by molar-refractivity contribution is 0.00578. The third-order valence-electron chi connectivity index (χ3n) is 5.33. The van der Waals surface area contributed by atoms with E-state index in [-0.39, 0.29) is 11.2 Å². The predicted molar refractivity (Wildman–Crippen MR) is 97.0 cm³/mol. The van der Waals surface area contributed by atoms with Crippen molar-refractivity contribution >= 4 is 24.3 Å². The molecule has 8 heteroatoms. The van der Waals surface area contributed by atoms with Crippen LogP contribution in [0.15, 0.2) is 6.20 Å². The molecule has 0 unspecified atom stereocenters. The fraction of sp³-hybridized carbons (Fsp3) is 0.750. The molecule has 0 bridgehead atoms. The van der Waals surface area contributed by atoms with E-state index in [1.165, 1.54) is 0 Å². The fourth-order valence-corrected chi connectivity index (χ4v) is 2.88. The molecule has 0 atom stereocenters. The quantitative estimate of drug-likeness (QED) is 0.812. The maximum absolute atomic E-state index is 6.13. The lowest BCUT2D eigenvalue weighted by Gasteiger charge is -2.32. The topological polar surface area (TPSA) is 62.8 Å². The zero-order valence-electron chi connectivity index (χ0n) is 15.6. The van der Waals surface area contributed by atoms with Gasteiger partial charge in [0.1, 0.15) is 5.82 Å². The number of rotatable bonds is 3. The minimum Gasteiger partial charge on any atom is -0.399 e. The minimum atomic E-state index is -0.459. The Morgan fingerprint density at radius 2 is 1.67 bits per heavy atom. The maximum atomic E-state index is 6.13. The molecular weight excluding hydrogens is 305 g/mol. The molecule has 7 nitrogen and oxygen atoms in total. The average molecular weight is 333 g/mol. The van der Waals surface area contributed by atoms with Crippen LogP contribution in [-0.2, 0) is 9.31 Å². The van der Waals surface area contributed by atoms with Crippen molar-refractivity contribution < 1.29 is 9.31 Å². The van der Waals surface area contributed by atoms with E-state index in [0.717, 1.165) is 43.4 Å². The molecule has 1 N–H and O–H groups in total. The van der Waals surface area contributed by atoms with Gasteiger partial charge in [0.15, 0.2) is 0 Å². The third-order valence-corrected chi connectivity index (χ3v) is 5.33. The molecular formula is C16H28BN5O2. The van der Waals surface area contributed by atoms with Crippen LogP contribution in [0.3, 0.4) is 0 Å². The van der Waals surface area contributed by atoms with Crippen LogP contribution in [0.5, 0.6) is 0 Å². The lowest BCUT2D eigenvalue weighted by Crippen LogP contribution is -2.45. The lowest BCUT2D eigenvalue weighted by atomic mass is 9.80. The molecule has 0 aliphatic carbocycles. The molecule has 0 amide bonds. The van der Waals surface area contributed by atoms with Crippen molar-refractivity contribution in [1.82, 2.24) is 14.9 Å². The predicted octanol–water partition coefficient (Wildman–Crippen LogP) is 0.569. The summed E-state index contributed by atoms with van der Waals surface area (Å²) < 4.78 is 12.3. The maximum Gasteiger partial charge on any atom is 0.500 e. The zero-order chi connectivity index (χ0) is 17.5. The van der Waals surface area contributed by atoms with E-state index in [1.807, 2.05) is 40.9 Å². The Balaban J connectivity index is 1.83. The van der Waals surface area contributed by atoms with Crippen molar-refractivity contribution in [2.24, 2.45) is 0 Å². The van der Waals surface area contributed by atoms with Gasteiger partial charge in [0.25, 0.3) is 0 Å². The van der Waals surface area contributed by atoms with Crippen LogP contribution < -0.4 is 15.7 Å². The molecule has 2 fully saturated rings. The highest BCUT2D eigenvalue weighted by atomic mass is 16.7. The summed E-state index contributed by atoms with van der Waals surface area (Å²) in [5.74, 6) is 1.52. The SMILES string of the molecule is CNc1nc(N2CCN(C)CC2)ncc1B1OC(C)(C)C(C)(C)O1. The monoisotopic (exact) mass is 333 g/mol. The van der Waals surface area contributed by atoms with Crippen LogP contribution in [0, 0.1) is 0 Å². The van der Waals surface area contributed by atoms with Gasteiger partial charge in [0.2, 0.25) is 5.95 Å². The second-order valence-electron chi connectivity index (χ2n) is 7.60. The molecule has 0 radical (unpaired) electrons. The minimum absolute atomic E-state index is 0.376. The number of hydrogen-bond donors (Lipinski definition) is 1. The van der Waals surface area contributed by atoms with E-state index in [9.17, 15) is 0 Å². The number of anilines is 2. The number of nitrogens with one attached hydrogen (secondary N) is 1.